The Labute approximate surface area is 88.2 Å². The molecule has 0 aromatic heterocycles. The van der Waals surface area contributed by atoms with Crippen molar-refractivity contribution in [2.75, 3.05) is 0 Å². The summed E-state index contributed by atoms with van der Waals surface area (Å²) in [4.78, 5) is 0. The monoisotopic (exact) mass is 196 g/mol. The van der Waals surface area contributed by atoms with Crippen molar-refractivity contribution in [3.8, 4) is 0 Å². The number of hydrogen-bond donors (Lipinski definition) is 0. The molecule has 14 heavy (non-hydrogen) atoms. The molecule has 0 radical (unpaired) electrons. The number of hydrogen-bond acceptors (Lipinski definition) is 1. The molecule has 82 valence electrons. The molecule has 0 N–H and O–H groups in total. The van der Waals surface area contributed by atoms with Crippen molar-refractivity contribution in [2.45, 2.75) is 71.5 Å². The smallest absolute Gasteiger partial charge is 0.0691 e. The van der Waals surface area contributed by atoms with Gasteiger partial charge < -0.3 is 4.74 Å². The highest BCUT2D eigenvalue weighted by atomic mass is 16.5. The average molecular weight is 196 g/mol. The Morgan fingerprint density at radius 3 is 2.50 bits per heavy atom. The van der Waals surface area contributed by atoms with E-state index in [1.165, 1.54) is 32.1 Å². The molecule has 1 nitrogen and oxygen atoms in total. The molecule has 0 bridgehead atoms. The average Bonchev–Trinajstić information content (AvgIpc) is 2.00. The topological polar surface area (TPSA) is 9.23 Å². The van der Waals surface area contributed by atoms with Gasteiger partial charge in [-0.3, -0.25) is 0 Å². The zero-order valence-electron chi connectivity index (χ0n) is 10.1. The fraction of sp³-hybridized carbons (Fsp3) is 1.00. The highest BCUT2D eigenvalue weighted by Crippen LogP contribution is 2.52. The fourth-order valence-electron chi connectivity index (χ4n) is 3.83. The van der Waals surface area contributed by atoms with E-state index in [2.05, 4.69) is 27.7 Å². The molecule has 0 spiro atoms. The van der Waals surface area contributed by atoms with Crippen LogP contribution >= 0.6 is 0 Å². The normalized spacial score (nSPS) is 47.1. The maximum Gasteiger partial charge on any atom is 0.0691 e. The number of fused-ring (bicyclic) bond motifs is 1. The van der Waals surface area contributed by atoms with Crippen molar-refractivity contribution >= 4 is 0 Å². The van der Waals surface area contributed by atoms with Crippen LogP contribution in [0.25, 0.3) is 0 Å². The molecule has 1 aliphatic heterocycles. The summed E-state index contributed by atoms with van der Waals surface area (Å²) in [6.45, 7) is 9.42. The Kier molecular flexibility index (Phi) is 2.42. The summed E-state index contributed by atoms with van der Waals surface area (Å²) >= 11 is 0. The predicted octanol–water partition coefficient (Wildman–Crippen LogP) is 3.77. The molecule has 0 unspecified atom stereocenters. The quantitative estimate of drug-likeness (QED) is 0.573. The van der Waals surface area contributed by atoms with E-state index in [9.17, 15) is 0 Å². The molecule has 3 atom stereocenters. The summed E-state index contributed by atoms with van der Waals surface area (Å²) in [5, 5.41) is 0. The Morgan fingerprint density at radius 1 is 1.07 bits per heavy atom. The summed E-state index contributed by atoms with van der Waals surface area (Å²) in [6, 6.07) is 0. The van der Waals surface area contributed by atoms with Gasteiger partial charge in [-0.1, -0.05) is 20.3 Å². The lowest BCUT2D eigenvalue weighted by Crippen LogP contribution is -2.53. The molecule has 1 saturated carbocycles. The van der Waals surface area contributed by atoms with E-state index in [1.54, 1.807) is 0 Å². The molecule has 0 amide bonds. The first-order valence-electron chi connectivity index (χ1n) is 6.12. The largest absolute Gasteiger partial charge is 0.372 e. The summed E-state index contributed by atoms with van der Waals surface area (Å²) in [7, 11) is 0. The highest BCUT2D eigenvalue weighted by Gasteiger charge is 2.49. The maximum atomic E-state index is 6.21. The van der Waals surface area contributed by atoms with Gasteiger partial charge in [0.1, 0.15) is 0 Å². The van der Waals surface area contributed by atoms with Crippen LogP contribution in [-0.2, 0) is 4.74 Å². The fourth-order valence-corrected chi connectivity index (χ4v) is 3.83. The van der Waals surface area contributed by atoms with Gasteiger partial charge >= 0.3 is 0 Å². The van der Waals surface area contributed by atoms with Crippen LogP contribution in [0.4, 0.5) is 0 Å². The zero-order chi connectivity index (χ0) is 10.4. The number of ether oxygens (including phenoxy) is 1. The van der Waals surface area contributed by atoms with E-state index < -0.39 is 0 Å². The highest BCUT2D eigenvalue weighted by molar-refractivity contribution is 4.99. The summed E-state index contributed by atoms with van der Waals surface area (Å²) in [5.41, 5.74) is 0.673. The molecule has 1 heterocycles. The van der Waals surface area contributed by atoms with Gasteiger partial charge in [0.15, 0.2) is 0 Å². The van der Waals surface area contributed by atoms with Crippen LogP contribution in [0.1, 0.15) is 59.8 Å². The van der Waals surface area contributed by atoms with E-state index in [4.69, 9.17) is 4.74 Å². The lowest BCUT2D eigenvalue weighted by Gasteiger charge is -2.54. The van der Waals surface area contributed by atoms with Crippen molar-refractivity contribution in [2.24, 2.45) is 11.3 Å². The zero-order valence-corrected chi connectivity index (χ0v) is 10.1. The summed E-state index contributed by atoms with van der Waals surface area (Å²) in [6.07, 6.45) is 7.09. The van der Waals surface area contributed by atoms with Crippen LogP contribution < -0.4 is 0 Å². The lowest BCUT2D eigenvalue weighted by atomic mass is 9.59. The third-order valence-corrected chi connectivity index (χ3v) is 4.51. The summed E-state index contributed by atoms with van der Waals surface area (Å²) in [5.74, 6) is 0.778. The molecule has 0 aromatic rings. The van der Waals surface area contributed by atoms with Gasteiger partial charge in [0, 0.05) is 0 Å². The second kappa shape index (κ2) is 3.23. The van der Waals surface area contributed by atoms with Gasteiger partial charge in [-0.15, -0.1) is 0 Å². The van der Waals surface area contributed by atoms with E-state index in [0.29, 0.717) is 11.5 Å². The van der Waals surface area contributed by atoms with Crippen LogP contribution in [0.5, 0.6) is 0 Å². The Bertz CT molecular complexity index is 221. The van der Waals surface area contributed by atoms with Gasteiger partial charge in [0.2, 0.25) is 0 Å². The molecule has 0 aromatic carbocycles. The number of rotatable bonds is 0. The van der Waals surface area contributed by atoms with Gasteiger partial charge in [-0.2, -0.15) is 0 Å². The Hall–Kier alpha value is -0.0400. The molecule has 1 aliphatic carbocycles. The molecule has 1 saturated heterocycles. The summed E-state index contributed by atoms with van der Waals surface area (Å²) < 4.78 is 6.21. The Morgan fingerprint density at radius 2 is 1.79 bits per heavy atom. The standard InChI is InChI=1S/C13H24O/c1-10-6-7-11-12(2,3)8-5-9-13(11,4)14-10/h10-11H,5-9H2,1-4H3/t10-,11-,13-/m0/s1. The van der Waals surface area contributed by atoms with Crippen molar-refractivity contribution in [1.29, 1.82) is 0 Å². The van der Waals surface area contributed by atoms with Crippen LogP contribution in [0, 0.1) is 11.3 Å². The molecule has 2 fully saturated rings. The van der Waals surface area contributed by atoms with Gasteiger partial charge in [0.25, 0.3) is 0 Å². The third-order valence-electron chi connectivity index (χ3n) is 4.51. The third kappa shape index (κ3) is 1.60. The van der Waals surface area contributed by atoms with Gasteiger partial charge in [0.05, 0.1) is 11.7 Å². The van der Waals surface area contributed by atoms with Crippen LogP contribution in [-0.4, -0.2) is 11.7 Å². The van der Waals surface area contributed by atoms with Crippen molar-refractivity contribution in [1.82, 2.24) is 0 Å². The van der Waals surface area contributed by atoms with E-state index in [-0.39, 0.29) is 5.60 Å². The molecule has 2 aliphatic rings. The Balaban J connectivity index is 2.21. The second-order valence-corrected chi connectivity index (χ2v) is 6.21. The first kappa shape index (κ1) is 10.5. The van der Waals surface area contributed by atoms with Crippen LogP contribution in [0.2, 0.25) is 0 Å². The minimum absolute atomic E-state index is 0.180. The van der Waals surface area contributed by atoms with Crippen molar-refractivity contribution in [3.05, 3.63) is 0 Å². The minimum atomic E-state index is 0.180. The predicted molar refractivity (Wildman–Crippen MR) is 59.3 cm³/mol. The maximum absolute atomic E-state index is 6.21. The van der Waals surface area contributed by atoms with E-state index in [0.717, 1.165) is 5.92 Å². The first-order valence-corrected chi connectivity index (χ1v) is 6.12. The molecular formula is C13H24O. The molecular weight excluding hydrogens is 172 g/mol. The van der Waals surface area contributed by atoms with Gasteiger partial charge in [-0.25, -0.2) is 0 Å². The van der Waals surface area contributed by atoms with Crippen LogP contribution in [0.3, 0.4) is 0 Å². The van der Waals surface area contributed by atoms with E-state index >= 15 is 0 Å². The molecule has 1 heteroatoms. The second-order valence-electron chi connectivity index (χ2n) is 6.21. The van der Waals surface area contributed by atoms with Crippen molar-refractivity contribution in [3.63, 3.8) is 0 Å². The lowest BCUT2D eigenvalue weighted by molar-refractivity contribution is -0.193. The SMILES string of the molecule is C[C@H]1CC[C@H]2C(C)(C)CCC[C@]2(C)O1. The first-order chi connectivity index (χ1) is 6.44. The van der Waals surface area contributed by atoms with Gasteiger partial charge in [-0.05, 0) is 50.9 Å². The van der Waals surface area contributed by atoms with Crippen molar-refractivity contribution < 1.29 is 4.74 Å². The molecule has 2 rings (SSSR count). The van der Waals surface area contributed by atoms with E-state index in [1.807, 2.05) is 0 Å². The van der Waals surface area contributed by atoms with Crippen LogP contribution in [0.15, 0.2) is 0 Å². The minimum Gasteiger partial charge on any atom is -0.372 e.